The second-order valence-electron chi connectivity index (χ2n) is 7.77. The second-order valence-corrected chi connectivity index (χ2v) is 7.77. The number of nitrogens with zero attached hydrogens (tertiary/aromatic N) is 1. The molecule has 2 amide bonds. The Labute approximate surface area is 173 Å². The zero-order valence-corrected chi connectivity index (χ0v) is 17.3. The van der Waals surface area contributed by atoms with E-state index in [1.165, 1.54) is 0 Å². The van der Waals surface area contributed by atoms with Crippen LogP contribution in [-0.2, 0) is 16.1 Å². The molecule has 0 heterocycles. The van der Waals surface area contributed by atoms with Gasteiger partial charge in [0, 0.05) is 12.6 Å². The quantitative estimate of drug-likeness (QED) is 0.740. The van der Waals surface area contributed by atoms with Gasteiger partial charge in [-0.2, -0.15) is 0 Å². The van der Waals surface area contributed by atoms with E-state index in [4.69, 9.17) is 4.74 Å². The summed E-state index contributed by atoms with van der Waals surface area (Å²) in [5.74, 6) is 0.333. The highest BCUT2D eigenvalue weighted by Crippen LogP contribution is 2.19. The van der Waals surface area contributed by atoms with Crippen LogP contribution in [0.2, 0.25) is 0 Å². The summed E-state index contributed by atoms with van der Waals surface area (Å²) in [4.78, 5) is 27.4. The Morgan fingerprint density at radius 2 is 1.72 bits per heavy atom. The third-order valence-corrected chi connectivity index (χ3v) is 5.45. The van der Waals surface area contributed by atoms with Gasteiger partial charge in [0.05, 0.1) is 0 Å². The average Bonchev–Trinajstić information content (AvgIpc) is 3.25. The summed E-state index contributed by atoms with van der Waals surface area (Å²) in [6.45, 7) is 4.09. The van der Waals surface area contributed by atoms with Crippen molar-refractivity contribution in [2.45, 2.75) is 58.2 Å². The van der Waals surface area contributed by atoms with E-state index in [1.54, 1.807) is 11.8 Å². The predicted octanol–water partition coefficient (Wildman–Crippen LogP) is 3.85. The van der Waals surface area contributed by atoms with Gasteiger partial charge >= 0.3 is 0 Å². The van der Waals surface area contributed by atoms with Crippen molar-refractivity contribution in [1.82, 2.24) is 10.2 Å². The highest BCUT2D eigenvalue weighted by Gasteiger charge is 2.28. The molecule has 1 aliphatic carbocycles. The maximum absolute atomic E-state index is 13.0. The number of aryl methyl sites for hydroxylation is 1. The zero-order chi connectivity index (χ0) is 20.6. The maximum atomic E-state index is 13.0. The lowest BCUT2D eigenvalue weighted by molar-refractivity contribution is -0.142. The molecule has 0 unspecified atom stereocenters. The smallest absolute Gasteiger partial charge is 0.261 e. The Morgan fingerprint density at radius 3 is 2.38 bits per heavy atom. The predicted molar refractivity (Wildman–Crippen MR) is 114 cm³/mol. The van der Waals surface area contributed by atoms with Crippen molar-refractivity contribution >= 4 is 11.8 Å². The molecule has 0 aromatic heterocycles. The van der Waals surface area contributed by atoms with Gasteiger partial charge in [-0.3, -0.25) is 9.59 Å². The number of para-hydroxylation sites is 1. The Morgan fingerprint density at radius 1 is 1.07 bits per heavy atom. The van der Waals surface area contributed by atoms with Crippen LogP contribution >= 0.6 is 0 Å². The van der Waals surface area contributed by atoms with Crippen molar-refractivity contribution in [1.29, 1.82) is 0 Å². The van der Waals surface area contributed by atoms with Crippen molar-refractivity contribution in [3.05, 3.63) is 65.7 Å². The molecule has 1 saturated carbocycles. The number of benzene rings is 2. The van der Waals surface area contributed by atoms with Crippen LogP contribution < -0.4 is 10.1 Å². The van der Waals surface area contributed by atoms with Gasteiger partial charge in [-0.25, -0.2) is 0 Å². The number of ether oxygens (including phenoxy) is 1. The highest BCUT2D eigenvalue weighted by atomic mass is 16.5. The summed E-state index contributed by atoms with van der Waals surface area (Å²) in [5, 5.41) is 3.11. The first-order valence-electron chi connectivity index (χ1n) is 10.4. The molecule has 0 bridgehead atoms. The van der Waals surface area contributed by atoms with Crippen LogP contribution in [0.3, 0.4) is 0 Å². The molecule has 0 saturated heterocycles. The summed E-state index contributed by atoms with van der Waals surface area (Å²) >= 11 is 0. The zero-order valence-electron chi connectivity index (χ0n) is 17.3. The van der Waals surface area contributed by atoms with Crippen LogP contribution in [0.25, 0.3) is 0 Å². The number of hydrogen-bond donors (Lipinski definition) is 1. The van der Waals surface area contributed by atoms with Crippen LogP contribution in [0.1, 0.15) is 43.7 Å². The van der Waals surface area contributed by atoms with Crippen molar-refractivity contribution in [2.24, 2.45) is 0 Å². The van der Waals surface area contributed by atoms with Crippen LogP contribution in [-0.4, -0.2) is 35.4 Å². The minimum atomic E-state index is -0.566. The number of hydrogen-bond acceptors (Lipinski definition) is 3. The maximum Gasteiger partial charge on any atom is 0.261 e. The van der Waals surface area contributed by atoms with E-state index < -0.39 is 6.04 Å². The molecule has 5 nitrogen and oxygen atoms in total. The molecule has 0 spiro atoms. The lowest BCUT2D eigenvalue weighted by Gasteiger charge is -2.29. The van der Waals surface area contributed by atoms with Gasteiger partial charge in [-0.05, 0) is 44.4 Å². The fourth-order valence-electron chi connectivity index (χ4n) is 3.61. The van der Waals surface area contributed by atoms with Gasteiger partial charge in [0.2, 0.25) is 5.91 Å². The monoisotopic (exact) mass is 394 g/mol. The van der Waals surface area contributed by atoms with Crippen LogP contribution in [0.5, 0.6) is 5.75 Å². The van der Waals surface area contributed by atoms with Crippen molar-refractivity contribution in [2.75, 3.05) is 6.61 Å². The molecule has 2 aromatic carbocycles. The standard InChI is InChI=1S/C24H30N2O3/c1-18-12-14-20(15-13-18)16-26(19(2)24(28)25-21-8-6-7-9-21)23(27)17-29-22-10-4-3-5-11-22/h3-5,10-15,19,21H,6-9,16-17H2,1-2H3,(H,25,28)/t19-/m0/s1. The Bertz CT molecular complexity index is 799. The fourth-order valence-corrected chi connectivity index (χ4v) is 3.61. The summed E-state index contributed by atoms with van der Waals surface area (Å²) < 4.78 is 5.65. The molecular formula is C24H30N2O3. The van der Waals surface area contributed by atoms with E-state index in [-0.39, 0.29) is 24.5 Å². The number of nitrogens with one attached hydrogen (secondary N) is 1. The molecule has 3 rings (SSSR count). The van der Waals surface area contributed by atoms with Gasteiger partial charge in [0.25, 0.3) is 5.91 Å². The first kappa shape index (κ1) is 20.9. The lowest BCUT2D eigenvalue weighted by Crippen LogP contribution is -2.50. The molecule has 2 aromatic rings. The number of carbonyl (C=O) groups is 2. The van der Waals surface area contributed by atoms with Crippen molar-refractivity contribution in [3.8, 4) is 5.75 Å². The van der Waals surface area contributed by atoms with E-state index in [2.05, 4.69) is 5.32 Å². The Balaban J connectivity index is 1.69. The molecule has 154 valence electrons. The molecule has 5 heteroatoms. The summed E-state index contributed by atoms with van der Waals surface area (Å²) in [5.41, 5.74) is 2.15. The van der Waals surface area contributed by atoms with Crippen molar-refractivity contribution < 1.29 is 14.3 Å². The minimum absolute atomic E-state index is 0.0999. The van der Waals surface area contributed by atoms with Gasteiger partial charge in [-0.1, -0.05) is 60.9 Å². The van der Waals surface area contributed by atoms with Gasteiger partial charge in [-0.15, -0.1) is 0 Å². The van der Waals surface area contributed by atoms with Gasteiger partial charge < -0.3 is 15.0 Å². The lowest BCUT2D eigenvalue weighted by atomic mass is 10.1. The first-order valence-corrected chi connectivity index (χ1v) is 10.4. The van der Waals surface area contributed by atoms with E-state index in [9.17, 15) is 9.59 Å². The average molecular weight is 395 g/mol. The first-order chi connectivity index (χ1) is 14.0. The molecule has 1 aliphatic rings. The van der Waals surface area contributed by atoms with Gasteiger partial charge in [0.15, 0.2) is 6.61 Å². The van der Waals surface area contributed by atoms with Crippen LogP contribution in [0.15, 0.2) is 54.6 Å². The van der Waals surface area contributed by atoms with Crippen molar-refractivity contribution in [3.63, 3.8) is 0 Å². The summed E-state index contributed by atoms with van der Waals surface area (Å²) in [6.07, 6.45) is 4.33. The van der Waals surface area contributed by atoms with E-state index in [0.717, 1.165) is 36.8 Å². The third-order valence-electron chi connectivity index (χ3n) is 5.45. The minimum Gasteiger partial charge on any atom is -0.484 e. The largest absolute Gasteiger partial charge is 0.484 e. The third kappa shape index (κ3) is 6.08. The van der Waals surface area contributed by atoms with E-state index >= 15 is 0 Å². The number of rotatable bonds is 8. The van der Waals surface area contributed by atoms with Gasteiger partial charge in [0.1, 0.15) is 11.8 Å². The Kier molecular flexibility index (Phi) is 7.28. The normalized spacial score (nSPS) is 15.0. The van der Waals surface area contributed by atoms with Crippen LogP contribution in [0.4, 0.5) is 0 Å². The van der Waals surface area contributed by atoms with E-state index in [1.807, 2.05) is 61.5 Å². The fraction of sp³-hybridized carbons (Fsp3) is 0.417. The molecule has 1 N–H and O–H groups in total. The summed E-state index contributed by atoms with van der Waals surface area (Å²) in [6, 6.07) is 16.9. The molecule has 0 aliphatic heterocycles. The SMILES string of the molecule is Cc1ccc(CN(C(=O)COc2ccccc2)[C@@H](C)C(=O)NC2CCCC2)cc1. The molecule has 1 atom stereocenters. The second kappa shape index (κ2) is 10.1. The topological polar surface area (TPSA) is 58.6 Å². The molecule has 1 fully saturated rings. The van der Waals surface area contributed by atoms with Crippen LogP contribution in [0, 0.1) is 6.92 Å². The Hall–Kier alpha value is -2.82. The molecular weight excluding hydrogens is 364 g/mol. The molecule has 29 heavy (non-hydrogen) atoms. The number of amides is 2. The highest BCUT2D eigenvalue weighted by molar-refractivity contribution is 5.88. The molecule has 0 radical (unpaired) electrons. The number of carbonyl (C=O) groups excluding carboxylic acids is 2. The summed E-state index contributed by atoms with van der Waals surface area (Å²) in [7, 11) is 0. The van der Waals surface area contributed by atoms with E-state index in [0.29, 0.717) is 12.3 Å².